The molecular weight excluding hydrogens is 240 g/mol. The summed E-state index contributed by atoms with van der Waals surface area (Å²) in [5, 5.41) is 0. The quantitative estimate of drug-likeness (QED) is 0.535. The van der Waals surface area contributed by atoms with Crippen molar-refractivity contribution < 1.29 is 0 Å². The van der Waals surface area contributed by atoms with Crippen LogP contribution in [0.2, 0.25) is 0 Å². The summed E-state index contributed by atoms with van der Waals surface area (Å²) in [7, 11) is 0. The number of hydrogen-bond donors (Lipinski definition) is 0. The van der Waals surface area contributed by atoms with E-state index in [0.717, 1.165) is 25.7 Å². The van der Waals surface area contributed by atoms with Crippen molar-refractivity contribution in [2.75, 3.05) is 0 Å². The van der Waals surface area contributed by atoms with Gasteiger partial charge in [0.2, 0.25) is 0 Å². The summed E-state index contributed by atoms with van der Waals surface area (Å²) >= 11 is 0. The Hall–Kier alpha value is -2.08. The molecule has 0 spiro atoms. The largest absolute Gasteiger partial charge is 0.103 e. The minimum absolute atomic E-state index is 0.850. The van der Waals surface area contributed by atoms with Gasteiger partial charge in [-0.05, 0) is 53.5 Å². The SMILES string of the molecule is C=CCc1cc(C=C)c(CC=C)c(CC=C)c1CC=C. The molecule has 0 radical (unpaired) electrons. The molecule has 20 heavy (non-hydrogen) atoms. The van der Waals surface area contributed by atoms with Gasteiger partial charge in [-0.1, -0.05) is 43.0 Å². The van der Waals surface area contributed by atoms with E-state index in [4.69, 9.17) is 0 Å². The third-order valence-electron chi connectivity index (χ3n) is 3.42. The van der Waals surface area contributed by atoms with Gasteiger partial charge < -0.3 is 0 Å². The van der Waals surface area contributed by atoms with Crippen LogP contribution in [0.15, 0.2) is 63.3 Å². The highest BCUT2D eigenvalue weighted by Gasteiger charge is 2.13. The van der Waals surface area contributed by atoms with Crippen LogP contribution in [0.5, 0.6) is 0 Å². The summed E-state index contributed by atoms with van der Waals surface area (Å²) in [5.41, 5.74) is 6.49. The Balaban J connectivity index is 3.63. The first-order chi connectivity index (χ1) is 9.73. The molecule has 0 aliphatic carbocycles. The fourth-order valence-corrected chi connectivity index (χ4v) is 2.61. The average molecular weight is 264 g/mol. The molecule has 0 saturated heterocycles. The van der Waals surface area contributed by atoms with E-state index in [9.17, 15) is 0 Å². The summed E-state index contributed by atoms with van der Waals surface area (Å²) in [6, 6.07) is 2.22. The smallest absolute Gasteiger partial charge is 0.00912 e. The molecule has 104 valence electrons. The molecule has 0 nitrogen and oxygen atoms in total. The van der Waals surface area contributed by atoms with Gasteiger partial charge in [-0.3, -0.25) is 0 Å². The first-order valence-electron chi connectivity index (χ1n) is 6.95. The van der Waals surface area contributed by atoms with Gasteiger partial charge in [-0.2, -0.15) is 0 Å². The van der Waals surface area contributed by atoms with Crippen molar-refractivity contribution in [3.05, 3.63) is 91.1 Å². The topological polar surface area (TPSA) is 0 Å². The van der Waals surface area contributed by atoms with E-state index in [1.165, 1.54) is 27.8 Å². The Morgan fingerprint density at radius 3 is 1.65 bits per heavy atom. The summed E-state index contributed by atoms with van der Waals surface area (Å²) in [6.07, 6.45) is 13.2. The molecule has 0 atom stereocenters. The van der Waals surface area contributed by atoms with Crippen LogP contribution in [0.25, 0.3) is 6.08 Å². The Bertz CT molecular complexity index is 529. The van der Waals surface area contributed by atoms with E-state index in [1.54, 1.807) is 0 Å². The molecule has 0 aromatic heterocycles. The second kappa shape index (κ2) is 8.16. The molecule has 0 heteroatoms. The zero-order valence-corrected chi connectivity index (χ0v) is 12.3. The molecular formula is C20H24. The van der Waals surface area contributed by atoms with Crippen molar-refractivity contribution in [2.45, 2.75) is 25.7 Å². The molecule has 0 unspecified atom stereocenters. The van der Waals surface area contributed by atoms with Crippen LogP contribution in [-0.4, -0.2) is 0 Å². The van der Waals surface area contributed by atoms with E-state index in [-0.39, 0.29) is 0 Å². The molecule has 1 aromatic carbocycles. The van der Waals surface area contributed by atoms with Crippen LogP contribution in [0, 0.1) is 0 Å². The van der Waals surface area contributed by atoms with Gasteiger partial charge in [0.1, 0.15) is 0 Å². The van der Waals surface area contributed by atoms with Crippen LogP contribution in [-0.2, 0) is 25.7 Å². The summed E-state index contributed by atoms with van der Waals surface area (Å²) in [5.74, 6) is 0. The zero-order valence-electron chi connectivity index (χ0n) is 12.3. The van der Waals surface area contributed by atoms with Gasteiger partial charge in [0, 0.05) is 0 Å². The normalized spacial score (nSPS) is 9.80. The van der Waals surface area contributed by atoms with Crippen molar-refractivity contribution in [1.29, 1.82) is 0 Å². The minimum atomic E-state index is 0.850. The zero-order chi connectivity index (χ0) is 15.0. The van der Waals surface area contributed by atoms with Crippen LogP contribution in [0.3, 0.4) is 0 Å². The highest BCUT2D eigenvalue weighted by Crippen LogP contribution is 2.27. The predicted octanol–water partition coefficient (Wildman–Crippen LogP) is 5.24. The fourth-order valence-electron chi connectivity index (χ4n) is 2.61. The predicted molar refractivity (Wildman–Crippen MR) is 92.1 cm³/mol. The van der Waals surface area contributed by atoms with Crippen LogP contribution in [0.1, 0.15) is 27.8 Å². The lowest BCUT2D eigenvalue weighted by atomic mass is 9.85. The molecule has 0 bridgehead atoms. The minimum Gasteiger partial charge on any atom is -0.103 e. The number of allylic oxidation sites excluding steroid dienone is 4. The van der Waals surface area contributed by atoms with Crippen LogP contribution in [0.4, 0.5) is 0 Å². The standard InChI is InChI=1S/C20H24/c1-6-11-17-15-16(10-5)18(12-7-2)20(14-9-4)19(17)13-8-3/h6-10,15H,1-5,11-14H2. The maximum absolute atomic E-state index is 3.95. The van der Waals surface area contributed by atoms with Crippen molar-refractivity contribution in [2.24, 2.45) is 0 Å². The highest BCUT2D eigenvalue weighted by molar-refractivity contribution is 5.60. The lowest BCUT2D eigenvalue weighted by Gasteiger charge is -2.19. The molecule has 0 aliphatic rings. The number of benzene rings is 1. The van der Waals surface area contributed by atoms with Crippen LogP contribution < -0.4 is 0 Å². The van der Waals surface area contributed by atoms with Gasteiger partial charge in [0.15, 0.2) is 0 Å². The van der Waals surface area contributed by atoms with Crippen molar-refractivity contribution in [3.8, 4) is 0 Å². The molecule has 0 amide bonds. The van der Waals surface area contributed by atoms with Gasteiger partial charge in [-0.15, -0.1) is 26.3 Å². The highest BCUT2D eigenvalue weighted by atomic mass is 14.2. The second-order valence-electron chi connectivity index (χ2n) is 4.74. The first-order valence-corrected chi connectivity index (χ1v) is 6.95. The lowest BCUT2D eigenvalue weighted by molar-refractivity contribution is 1.04. The summed E-state index contributed by atoms with van der Waals surface area (Å²) in [6.45, 7) is 19.5. The first kappa shape index (κ1) is 16.0. The van der Waals surface area contributed by atoms with Gasteiger partial charge in [0.05, 0.1) is 0 Å². The summed E-state index contributed by atoms with van der Waals surface area (Å²) < 4.78 is 0. The maximum Gasteiger partial charge on any atom is -0.00912 e. The maximum atomic E-state index is 3.95. The summed E-state index contributed by atoms with van der Waals surface area (Å²) in [4.78, 5) is 0. The Morgan fingerprint density at radius 1 is 0.650 bits per heavy atom. The Labute approximate surface area is 123 Å². The second-order valence-corrected chi connectivity index (χ2v) is 4.74. The average Bonchev–Trinajstić information content (AvgIpc) is 2.45. The van der Waals surface area contributed by atoms with E-state index in [1.807, 2.05) is 30.4 Å². The molecule has 1 rings (SSSR count). The Morgan fingerprint density at radius 2 is 1.15 bits per heavy atom. The van der Waals surface area contributed by atoms with E-state index in [0.29, 0.717) is 0 Å². The third kappa shape index (κ3) is 3.48. The fraction of sp³-hybridized carbons (Fsp3) is 0.200. The van der Waals surface area contributed by atoms with Gasteiger partial charge >= 0.3 is 0 Å². The molecule has 0 heterocycles. The van der Waals surface area contributed by atoms with E-state index < -0.39 is 0 Å². The van der Waals surface area contributed by atoms with Crippen molar-refractivity contribution >= 4 is 6.08 Å². The third-order valence-corrected chi connectivity index (χ3v) is 3.42. The lowest BCUT2D eigenvalue weighted by Crippen LogP contribution is -2.06. The van der Waals surface area contributed by atoms with Crippen LogP contribution >= 0.6 is 0 Å². The molecule has 1 aromatic rings. The van der Waals surface area contributed by atoms with Crippen molar-refractivity contribution in [1.82, 2.24) is 0 Å². The van der Waals surface area contributed by atoms with E-state index >= 15 is 0 Å². The molecule has 0 aliphatic heterocycles. The molecule has 0 fully saturated rings. The van der Waals surface area contributed by atoms with Gasteiger partial charge in [0.25, 0.3) is 0 Å². The Kier molecular flexibility index (Phi) is 6.52. The van der Waals surface area contributed by atoms with Gasteiger partial charge in [-0.25, -0.2) is 0 Å². The molecule has 0 saturated carbocycles. The molecule has 0 N–H and O–H groups in total. The number of hydrogen-bond acceptors (Lipinski definition) is 0. The van der Waals surface area contributed by atoms with Crippen molar-refractivity contribution in [3.63, 3.8) is 0 Å². The number of rotatable bonds is 9. The monoisotopic (exact) mass is 264 g/mol. The van der Waals surface area contributed by atoms with E-state index in [2.05, 4.69) is 39.0 Å².